The Morgan fingerprint density at radius 3 is 2.76 bits per heavy atom. The number of amides is 2. The molecule has 194 valence electrons. The van der Waals surface area contributed by atoms with Crippen molar-refractivity contribution in [3.8, 4) is 0 Å². The maximum absolute atomic E-state index is 14.9. The van der Waals surface area contributed by atoms with Crippen molar-refractivity contribution in [1.82, 2.24) is 19.4 Å². The van der Waals surface area contributed by atoms with Crippen LogP contribution in [-0.2, 0) is 11.8 Å². The molecule has 3 aromatic heterocycles. The first-order chi connectivity index (χ1) is 17.8. The summed E-state index contributed by atoms with van der Waals surface area (Å²) >= 11 is 0. The lowest BCUT2D eigenvalue weighted by atomic mass is 9.94. The van der Waals surface area contributed by atoms with Crippen LogP contribution >= 0.6 is 0 Å². The largest absolute Gasteiger partial charge is 0.378 e. The Morgan fingerprint density at radius 1 is 1.24 bits per heavy atom. The average Bonchev–Trinajstić information content (AvgIpc) is 3.24. The highest BCUT2D eigenvalue weighted by molar-refractivity contribution is 6.03. The Balaban J connectivity index is 1.54. The SMILES string of the molecule is Cn1c(C(=O)N2CCOCC2)cc2c(Nc3nc(N=C4CCCCC4N)c(F)cc3C(N)=O)ccnc21. The fourth-order valence-corrected chi connectivity index (χ4v) is 4.73. The standard InChI is InChI=1S/C25H29FN8O3/c1-33-20(25(36)34-8-10-37-11-9-34)13-14-18(6-7-29-24(14)33)30-22-15(21(28)35)12-16(26)23(32-22)31-19-5-3-2-4-17(19)27/h6-7,12-13,17H,2-5,8-11,27H2,1H3,(H2,28,35)(H,29,30,32). The van der Waals surface area contributed by atoms with Crippen molar-refractivity contribution in [2.24, 2.45) is 23.5 Å². The third-order valence-electron chi connectivity index (χ3n) is 6.80. The van der Waals surface area contributed by atoms with Crippen LogP contribution < -0.4 is 16.8 Å². The van der Waals surface area contributed by atoms with Gasteiger partial charge in [0.2, 0.25) is 0 Å². The van der Waals surface area contributed by atoms with Crippen LogP contribution in [0.4, 0.5) is 21.7 Å². The normalized spacial score (nSPS) is 19.4. The van der Waals surface area contributed by atoms with Gasteiger partial charge in [0.25, 0.3) is 11.8 Å². The molecule has 1 saturated carbocycles. The van der Waals surface area contributed by atoms with Crippen LogP contribution in [0.1, 0.15) is 46.5 Å². The van der Waals surface area contributed by atoms with Crippen molar-refractivity contribution in [2.75, 3.05) is 31.6 Å². The lowest BCUT2D eigenvalue weighted by molar-refractivity contribution is 0.0297. The molecule has 2 aliphatic rings. The summed E-state index contributed by atoms with van der Waals surface area (Å²) in [6, 6.07) is 4.19. The molecule has 1 atom stereocenters. The number of nitrogens with two attached hydrogens (primary N) is 2. The molecule has 3 aromatic rings. The zero-order chi connectivity index (χ0) is 26.1. The van der Waals surface area contributed by atoms with E-state index in [-0.39, 0.29) is 29.1 Å². The molecule has 12 heteroatoms. The van der Waals surface area contributed by atoms with Crippen molar-refractivity contribution in [2.45, 2.75) is 31.7 Å². The van der Waals surface area contributed by atoms with Crippen LogP contribution in [0.5, 0.6) is 0 Å². The van der Waals surface area contributed by atoms with Crippen LogP contribution in [0.2, 0.25) is 0 Å². The second kappa shape index (κ2) is 10.2. The van der Waals surface area contributed by atoms with Gasteiger partial charge in [0.05, 0.1) is 24.5 Å². The Morgan fingerprint density at radius 2 is 2.03 bits per heavy atom. The summed E-state index contributed by atoms with van der Waals surface area (Å²) < 4.78 is 21.9. The third kappa shape index (κ3) is 4.89. The van der Waals surface area contributed by atoms with Gasteiger partial charge in [-0.15, -0.1) is 0 Å². The van der Waals surface area contributed by atoms with E-state index >= 15 is 0 Å². The first-order valence-corrected chi connectivity index (χ1v) is 12.3. The second-order valence-electron chi connectivity index (χ2n) is 9.22. The van der Waals surface area contributed by atoms with E-state index in [4.69, 9.17) is 16.2 Å². The molecule has 1 aliphatic carbocycles. The number of aliphatic imine (C=N–C) groups is 1. The number of halogens is 1. The van der Waals surface area contributed by atoms with Crippen molar-refractivity contribution < 1.29 is 18.7 Å². The molecule has 5 N–H and O–H groups in total. The molecular formula is C25H29FN8O3. The molecular weight excluding hydrogens is 479 g/mol. The molecule has 2 amide bonds. The van der Waals surface area contributed by atoms with Crippen LogP contribution in [0.25, 0.3) is 11.0 Å². The van der Waals surface area contributed by atoms with E-state index < -0.39 is 11.7 Å². The number of aryl methyl sites for hydroxylation is 1. The quantitative estimate of drug-likeness (QED) is 0.478. The molecule has 37 heavy (non-hydrogen) atoms. The number of ether oxygens (including phenoxy) is 1. The van der Waals surface area contributed by atoms with Gasteiger partial charge in [-0.3, -0.25) is 9.59 Å². The zero-order valence-corrected chi connectivity index (χ0v) is 20.5. The Kier molecular flexibility index (Phi) is 6.85. The summed E-state index contributed by atoms with van der Waals surface area (Å²) in [5.74, 6) is -1.85. The van der Waals surface area contributed by atoms with Gasteiger partial charge in [0, 0.05) is 43.5 Å². The topological polar surface area (TPSA) is 154 Å². The number of nitrogens with zero attached hydrogens (tertiary/aromatic N) is 5. The van der Waals surface area contributed by atoms with E-state index in [2.05, 4.69) is 20.3 Å². The van der Waals surface area contributed by atoms with Gasteiger partial charge in [-0.2, -0.15) is 0 Å². The average molecular weight is 509 g/mol. The van der Waals surface area contributed by atoms with Gasteiger partial charge < -0.3 is 31.0 Å². The smallest absolute Gasteiger partial charge is 0.270 e. The van der Waals surface area contributed by atoms with E-state index in [9.17, 15) is 14.0 Å². The molecule has 1 unspecified atom stereocenters. The van der Waals surface area contributed by atoms with Crippen molar-refractivity contribution in [3.63, 3.8) is 0 Å². The van der Waals surface area contributed by atoms with Crippen LogP contribution in [-0.4, -0.2) is 69.3 Å². The fourth-order valence-electron chi connectivity index (χ4n) is 4.73. The molecule has 11 nitrogen and oxygen atoms in total. The number of hydrogen-bond donors (Lipinski definition) is 3. The molecule has 0 spiro atoms. The number of morpholine rings is 1. The van der Waals surface area contributed by atoms with Crippen molar-refractivity contribution >= 4 is 45.9 Å². The minimum Gasteiger partial charge on any atom is -0.378 e. The maximum Gasteiger partial charge on any atom is 0.270 e. The number of nitrogens with one attached hydrogen (secondary N) is 1. The number of carbonyl (C=O) groups excluding carboxylic acids is 2. The number of anilines is 2. The maximum atomic E-state index is 14.9. The molecule has 2 fully saturated rings. The van der Waals surface area contributed by atoms with Gasteiger partial charge in [-0.05, 0) is 37.5 Å². The van der Waals surface area contributed by atoms with Gasteiger partial charge in [0.15, 0.2) is 11.6 Å². The third-order valence-corrected chi connectivity index (χ3v) is 6.80. The highest BCUT2D eigenvalue weighted by Gasteiger charge is 2.24. The summed E-state index contributed by atoms with van der Waals surface area (Å²) in [4.78, 5) is 40.2. The summed E-state index contributed by atoms with van der Waals surface area (Å²) in [5, 5.41) is 3.72. The predicted octanol–water partition coefficient (Wildman–Crippen LogP) is 2.40. The van der Waals surface area contributed by atoms with Crippen molar-refractivity contribution in [3.05, 3.63) is 41.5 Å². The van der Waals surface area contributed by atoms with E-state index in [0.29, 0.717) is 60.9 Å². The number of aromatic nitrogens is 3. The number of fused-ring (bicyclic) bond motifs is 1. The number of pyridine rings is 2. The second-order valence-corrected chi connectivity index (χ2v) is 9.22. The van der Waals surface area contributed by atoms with Gasteiger partial charge in [-0.25, -0.2) is 19.4 Å². The first kappa shape index (κ1) is 24.8. The minimum absolute atomic E-state index is 0.0510. The van der Waals surface area contributed by atoms with Crippen molar-refractivity contribution in [1.29, 1.82) is 0 Å². The Bertz CT molecular complexity index is 1400. The van der Waals surface area contributed by atoms with E-state index in [1.165, 1.54) is 0 Å². The fraction of sp³-hybridized carbons (Fsp3) is 0.400. The number of carbonyl (C=O) groups is 2. The predicted molar refractivity (Wildman–Crippen MR) is 137 cm³/mol. The monoisotopic (exact) mass is 508 g/mol. The molecule has 4 heterocycles. The number of rotatable bonds is 5. The summed E-state index contributed by atoms with van der Waals surface area (Å²) in [6.45, 7) is 2.00. The summed E-state index contributed by atoms with van der Waals surface area (Å²) in [5.41, 5.74) is 13.8. The first-order valence-electron chi connectivity index (χ1n) is 12.3. The highest BCUT2D eigenvalue weighted by atomic mass is 19.1. The van der Waals surface area contributed by atoms with Gasteiger partial charge >= 0.3 is 0 Å². The minimum atomic E-state index is -0.844. The van der Waals surface area contributed by atoms with Crippen LogP contribution in [0, 0.1) is 5.82 Å². The summed E-state index contributed by atoms with van der Waals surface area (Å²) in [7, 11) is 1.76. The van der Waals surface area contributed by atoms with E-state index in [1.807, 2.05) is 0 Å². The summed E-state index contributed by atoms with van der Waals surface area (Å²) in [6.07, 6.45) is 4.93. The highest BCUT2D eigenvalue weighted by Crippen LogP contribution is 2.31. The number of hydrogen-bond acceptors (Lipinski definition) is 8. The molecule has 1 saturated heterocycles. The lowest BCUT2D eigenvalue weighted by Crippen LogP contribution is -2.41. The van der Waals surface area contributed by atoms with Gasteiger partial charge in [0.1, 0.15) is 17.2 Å². The Hall–Kier alpha value is -3.90. The van der Waals surface area contributed by atoms with Crippen LogP contribution in [0.15, 0.2) is 29.4 Å². The molecule has 5 rings (SSSR count). The molecule has 1 aliphatic heterocycles. The molecule has 0 bridgehead atoms. The number of primary amides is 1. The van der Waals surface area contributed by atoms with Crippen LogP contribution in [0.3, 0.4) is 0 Å². The Labute approximate surface area is 212 Å². The molecule has 0 aromatic carbocycles. The van der Waals surface area contributed by atoms with E-state index in [1.54, 1.807) is 34.8 Å². The molecule has 0 radical (unpaired) electrons. The zero-order valence-electron chi connectivity index (χ0n) is 20.5. The van der Waals surface area contributed by atoms with E-state index in [0.717, 1.165) is 25.3 Å². The lowest BCUT2D eigenvalue weighted by Gasteiger charge is -2.26. The van der Waals surface area contributed by atoms with Gasteiger partial charge in [-0.1, -0.05) is 6.42 Å².